The van der Waals surface area contributed by atoms with Crippen molar-refractivity contribution < 1.29 is 9.13 Å². The summed E-state index contributed by atoms with van der Waals surface area (Å²) in [6.45, 7) is 0.196. The molecule has 0 radical (unpaired) electrons. The van der Waals surface area contributed by atoms with Crippen molar-refractivity contribution in [1.29, 1.82) is 0 Å². The zero-order valence-electron chi connectivity index (χ0n) is 17.0. The summed E-state index contributed by atoms with van der Waals surface area (Å²) in [7, 11) is 0. The first-order chi connectivity index (χ1) is 15.7. The molecule has 0 N–H and O–H groups in total. The minimum atomic E-state index is -0.407. The molecule has 5 aromatic rings. The zero-order valence-corrected chi connectivity index (χ0v) is 17.0. The maximum absolute atomic E-state index is 14.7. The van der Waals surface area contributed by atoms with Crippen molar-refractivity contribution in [2.24, 2.45) is 0 Å². The monoisotopic (exact) mass is 423 g/mol. The molecule has 5 nitrogen and oxygen atoms in total. The molecule has 32 heavy (non-hydrogen) atoms. The fourth-order valence-corrected chi connectivity index (χ4v) is 3.61. The summed E-state index contributed by atoms with van der Waals surface area (Å²) in [6, 6.07) is 22.9. The third-order valence-corrected chi connectivity index (χ3v) is 5.16. The first-order valence-corrected chi connectivity index (χ1v) is 10.1. The van der Waals surface area contributed by atoms with E-state index in [0.29, 0.717) is 28.3 Å². The Balaban J connectivity index is 1.43. The number of pyridine rings is 3. The Morgan fingerprint density at radius 2 is 1.75 bits per heavy atom. The van der Waals surface area contributed by atoms with Crippen LogP contribution >= 0.6 is 0 Å². The molecule has 0 aliphatic carbocycles. The summed E-state index contributed by atoms with van der Waals surface area (Å²) in [5.41, 5.74) is 2.72. The van der Waals surface area contributed by atoms with Crippen molar-refractivity contribution in [2.75, 3.05) is 0 Å². The summed E-state index contributed by atoms with van der Waals surface area (Å²) in [5, 5.41) is 1.03. The lowest BCUT2D eigenvalue weighted by molar-refractivity contribution is 0.294. The number of halogens is 1. The summed E-state index contributed by atoms with van der Waals surface area (Å²) in [5.74, 6) is 0.0772. The topological polar surface area (TPSA) is 57.0 Å². The van der Waals surface area contributed by atoms with Gasteiger partial charge >= 0.3 is 0 Å². The largest absolute Gasteiger partial charge is 0.473 e. The first kappa shape index (κ1) is 19.6. The highest BCUT2D eigenvalue weighted by atomic mass is 19.1. The molecule has 0 aliphatic rings. The first-order valence-electron chi connectivity index (χ1n) is 10.1. The van der Waals surface area contributed by atoms with Crippen molar-refractivity contribution in [3.8, 4) is 22.7 Å². The molecule has 0 aliphatic heterocycles. The molecule has 0 atom stereocenters. The van der Waals surface area contributed by atoms with Gasteiger partial charge in [0, 0.05) is 41.7 Å². The molecule has 0 fully saturated rings. The second kappa shape index (κ2) is 8.43. The number of ether oxygens (including phenoxy) is 1. The van der Waals surface area contributed by atoms with Crippen LogP contribution in [0.15, 0.2) is 102 Å². The number of benzene rings is 2. The van der Waals surface area contributed by atoms with Gasteiger partial charge < -0.3 is 4.74 Å². The minimum absolute atomic E-state index is 0.196. The lowest BCUT2D eigenvalue weighted by atomic mass is 10.0. The highest BCUT2D eigenvalue weighted by Crippen LogP contribution is 2.28. The number of hydrogen-bond acceptors (Lipinski definition) is 4. The predicted octanol–water partition coefficient (Wildman–Crippen LogP) is 5.17. The van der Waals surface area contributed by atoms with Crippen LogP contribution in [-0.4, -0.2) is 14.5 Å². The summed E-state index contributed by atoms with van der Waals surface area (Å²) in [6.07, 6.45) is 4.82. The van der Waals surface area contributed by atoms with Crippen LogP contribution in [-0.2, 0) is 6.61 Å². The Morgan fingerprint density at radius 3 is 2.59 bits per heavy atom. The molecule has 0 unspecified atom stereocenters. The number of aromatic nitrogens is 3. The quantitative estimate of drug-likeness (QED) is 0.392. The van der Waals surface area contributed by atoms with Gasteiger partial charge in [-0.2, -0.15) is 0 Å². The molecule has 2 aromatic carbocycles. The molecule has 3 heterocycles. The fourth-order valence-electron chi connectivity index (χ4n) is 3.61. The van der Waals surface area contributed by atoms with E-state index in [1.165, 1.54) is 16.7 Å². The van der Waals surface area contributed by atoms with E-state index in [1.807, 2.05) is 30.3 Å². The van der Waals surface area contributed by atoms with Crippen LogP contribution in [0.4, 0.5) is 4.39 Å². The van der Waals surface area contributed by atoms with Crippen LogP contribution in [0.1, 0.15) is 5.56 Å². The Kier molecular flexibility index (Phi) is 5.17. The van der Waals surface area contributed by atoms with Gasteiger partial charge in [0.1, 0.15) is 12.4 Å². The van der Waals surface area contributed by atoms with Gasteiger partial charge in [-0.3, -0.25) is 14.3 Å². The van der Waals surface area contributed by atoms with Gasteiger partial charge in [0.15, 0.2) is 0 Å². The van der Waals surface area contributed by atoms with E-state index in [0.717, 1.165) is 10.9 Å². The van der Waals surface area contributed by atoms with E-state index in [9.17, 15) is 9.18 Å². The van der Waals surface area contributed by atoms with E-state index in [4.69, 9.17) is 4.74 Å². The van der Waals surface area contributed by atoms with Gasteiger partial charge in [-0.05, 0) is 53.6 Å². The second-order valence-corrected chi connectivity index (χ2v) is 7.24. The molecule has 0 saturated carbocycles. The Hall–Kier alpha value is -4.32. The van der Waals surface area contributed by atoms with Crippen molar-refractivity contribution in [3.05, 3.63) is 119 Å². The standard InChI is InChI=1S/C26H18FN3O2/c27-21-5-3-7-23(26(21)20-10-13-28-14-11-20)30-15-12-18(16-25(30)31)17-32-24-9-8-19-4-1-2-6-22(19)29-24/h1-16H,17H2. The second-order valence-electron chi connectivity index (χ2n) is 7.24. The molecule has 3 aromatic heterocycles. The third kappa shape index (κ3) is 3.86. The van der Waals surface area contributed by atoms with Gasteiger partial charge in [0.2, 0.25) is 5.88 Å². The van der Waals surface area contributed by atoms with Crippen molar-refractivity contribution in [2.45, 2.75) is 6.61 Å². The van der Waals surface area contributed by atoms with Crippen LogP contribution < -0.4 is 10.3 Å². The van der Waals surface area contributed by atoms with E-state index in [2.05, 4.69) is 9.97 Å². The summed E-state index contributed by atoms with van der Waals surface area (Å²) >= 11 is 0. The van der Waals surface area contributed by atoms with Crippen LogP contribution in [0, 0.1) is 5.82 Å². The number of para-hydroxylation sites is 1. The van der Waals surface area contributed by atoms with E-state index < -0.39 is 5.82 Å². The zero-order chi connectivity index (χ0) is 21.9. The Labute approximate surface area is 183 Å². The van der Waals surface area contributed by atoms with Gasteiger partial charge in [-0.15, -0.1) is 0 Å². The average molecular weight is 423 g/mol. The maximum Gasteiger partial charge on any atom is 0.255 e. The molecule has 0 saturated heterocycles. The van der Waals surface area contributed by atoms with Gasteiger partial charge in [-0.1, -0.05) is 24.3 Å². The number of fused-ring (bicyclic) bond motifs is 1. The van der Waals surface area contributed by atoms with Gasteiger partial charge in [0.05, 0.1) is 11.2 Å². The Morgan fingerprint density at radius 1 is 0.906 bits per heavy atom. The highest BCUT2D eigenvalue weighted by Gasteiger charge is 2.13. The van der Waals surface area contributed by atoms with E-state index >= 15 is 0 Å². The van der Waals surface area contributed by atoms with E-state index in [-0.39, 0.29) is 12.2 Å². The molecule has 6 heteroatoms. The SMILES string of the molecule is O=c1cc(COc2ccc3ccccc3n2)ccn1-c1cccc(F)c1-c1ccncc1. The average Bonchev–Trinajstić information content (AvgIpc) is 2.83. The normalized spacial score (nSPS) is 10.9. The van der Waals surface area contributed by atoms with Crippen LogP contribution in [0.5, 0.6) is 5.88 Å². The van der Waals surface area contributed by atoms with E-state index in [1.54, 1.807) is 55.0 Å². The predicted molar refractivity (Wildman–Crippen MR) is 121 cm³/mol. The van der Waals surface area contributed by atoms with Crippen LogP contribution in [0.2, 0.25) is 0 Å². The highest BCUT2D eigenvalue weighted by molar-refractivity contribution is 5.78. The Bertz CT molecular complexity index is 1470. The van der Waals surface area contributed by atoms with Crippen molar-refractivity contribution >= 4 is 10.9 Å². The fraction of sp³-hybridized carbons (Fsp3) is 0.0385. The molecule has 0 amide bonds. The third-order valence-electron chi connectivity index (χ3n) is 5.16. The smallest absolute Gasteiger partial charge is 0.255 e. The lowest BCUT2D eigenvalue weighted by Gasteiger charge is -2.14. The molecular weight excluding hydrogens is 405 g/mol. The minimum Gasteiger partial charge on any atom is -0.473 e. The molecular formula is C26H18FN3O2. The maximum atomic E-state index is 14.7. The molecule has 0 bridgehead atoms. The summed E-state index contributed by atoms with van der Waals surface area (Å²) in [4.78, 5) is 21.3. The molecule has 0 spiro atoms. The lowest BCUT2D eigenvalue weighted by Crippen LogP contribution is -2.19. The van der Waals surface area contributed by atoms with Gasteiger partial charge in [-0.25, -0.2) is 9.37 Å². The van der Waals surface area contributed by atoms with Crippen molar-refractivity contribution in [3.63, 3.8) is 0 Å². The molecule has 156 valence electrons. The van der Waals surface area contributed by atoms with Crippen LogP contribution in [0.3, 0.4) is 0 Å². The van der Waals surface area contributed by atoms with Crippen molar-refractivity contribution in [1.82, 2.24) is 14.5 Å². The number of hydrogen-bond donors (Lipinski definition) is 0. The van der Waals surface area contributed by atoms with Crippen LogP contribution in [0.25, 0.3) is 27.7 Å². The summed E-state index contributed by atoms with van der Waals surface area (Å²) < 4.78 is 21.9. The van der Waals surface area contributed by atoms with Gasteiger partial charge in [0.25, 0.3) is 5.56 Å². The molecule has 5 rings (SSSR count). The number of nitrogens with zero attached hydrogens (tertiary/aromatic N) is 3. The number of rotatable bonds is 5.